The topological polar surface area (TPSA) is 30.2 Å². The maximum atomic E-state index is 11.5. The molecule has 0 saturated heterocycles. The summed E-state index contributed by atoms with van der Waals surface area (Å²) in [5, 5.41) is 1.05. The lowest BCUT2D eigenvalue weighted by atomic mass is 10.1. The van der Waals surface area contributed by atoms with Gasteiger partial charge in [-0.15, -0.1) is 0 Å². The predicted molar refractivity (Wildman–Crippen MR) is 66.9 cm³/mol. The Kier molecular flexibility index (Phi) is 1.47. The molecule has 1 aliphatic rings. The lowest BCUT2D eigenvalue weighted by molar-refractivity contribution is 0.562. The molecule has 0 aliphatic heterocycles. The first-order chi connectivity index (χ1) is 8.34. The lowest BCUT2D eigenvalue weighted by Gasteiger charge is -1.98. The van der Waals surface area contributed by atoms with E-state index < -0.39 is 0 Å². The molecule has 2 heteroatoms. The average molecular weight is 220 g/mol. The Labute approximate surface area is 97.1 Å². The molecule has 0 N–H and O–H groups in total. The van der Waals surface area contributed by atoms with E-state index in [0.29, 0.717) is 5.58 Å². The molecule has 4 rings (SSSR count). The first kappa shape index (κ1) is 8.76. The summed E-state index contributed by atoms with van der Waals surface area (Å²) in [7, 11) is 0. The van der Waals surface area contributed by atoms with Gasteiger partial charge in [-0.25, -0.2) is 4.79 Å². The summed E-state index contributed by atoms with van der Waals surface area (Å²) in [4.78, 5) is 11.5. The van der Waals surface area contributed by atoms with Crippen molar-refractivity contribution in [3.8, 4) is 22.3 Å². The van der Waals surface area contributed by atoms with Crippen LogP contribution in [0, 0.1) is 0 Å². The fourth-order valence-electron chi connectivity index (χ4n) is 2.61. The molecule has 0 unspecified atom stereocenters. The van der Waals surface area contributed by atoms with E-state index >= 15 is 0 Å². The van der Waals surface area contributed by atoms with E-state index in [9.17, 15) is 4.79 Å². The Morgan fingerprint density at radius 3 is 2.29 bits per heavy atom. The molecule has 80 valence electrons. The molecule has 0 radical (unpaired) electrons. The zero-order chi connectivity index (χ0) is 11.4. The van der Waals surface area contributed by atoms with Crippen molar-refractivity contribution in [1.29, 1.82) is 0 Å². The maximum Gasteiger partial charge on any atom is 0.336 e. The highest BCUT2D eigenvalue weighted by Crippen LogP contribution is 2.45. The molecular formula is C15H8O2. The zero-order valence-electron chi connectivity index (χ0n) is 8.94. The molecule has 2 nitrogen and oxygen atoms in total. The van der Waals surface area contributed by atoms with Gasteiger partial charge in [-0.05, 0) is 22.8 Å². The van der Waals surface area contributed by atoms with Crippen molar-refractivity contribution in [2.75, 3.05) is 0 Å². The van der Waals surface area contributed by atoms with Gasteiger partial charge in [-0.2, -0.15) is 0 Å². The Bertz CT molecular complexity index is 813. The molecule has 2 aromatic carbocycles. The number of benzene rings is 2. The van der Waals surface area contributed by atoms with E-state index in [2.05, 4.69) is 12.1 Å². The van der Waals surface area contributed by atoms with Crippen molar-refractivity contribution in [2.45, 2.75) is 0 Å². The minimum absolute atomic E-state index is 0.290. The van der Waals surface area contributed by atoms with Gasteiger partial charge in [-0.1, -0.05) is 36.4 Å². The van der Waals surface area contributed by atoms with Crippen LogP contribution in [0.1, 0.15) is 0 Å². The molecule has 1 heterocycles. The summed E-state index contributed by atoms with van der Waals surface area (Å²) < 4.78 is 5.24. The van der Waals surface area contributed by atoms with Crippen LogP contribution in [-0.4, -0.2) is 0 Å². The molecule has 17 heavy (non-hydrogen) atoms. The summed E-state index contributed by atoms with van der Waals surface area (Å²) in [6, 6.07) is 15.5. The highest BCUT2D eigenvalue weighted by Gasteiger charge is 2.21. The van der Waals surface area contributed by atoms with Crippen LogP contribution in [0.3, 0.4) is 0 Å². The number of hydrogen-bond acceptors (Lipinski definition) is 2. The van der Waals surface area contributed by atoms with Gasteiger partial charge >= 0.3 is 5.63 Å². The Balaban J connectivity index is 2.34. The summed E-state index contributed by atoms with van der Waals surface area (Å²) in [6.45, 7) is 0. The van der Waals surface area contributed by atoms with Crippen LogP contribution >= 0.6 is 0 Å². The second kappa shape index (κ2) is 2.86. The van der Waals surface area contributed by atoms with Crippen LogP contribution in [0.15, 0.2) is 57.7 Å². The normalized spacial score (nSPS) is 11.8. The summed E-state index contributed by atoms with van der Waals surface area (Å²) >= 11 is 0. The second-order valence-corrected chi connectivity index (χ2v) is 4.20. The fraction of sp³-hybridized carbons (Fsp3) is 0. The Hall–Kier alpha value is -2.35. The number of rotatable bonds is 0. The molecular weight excluding hydrogens is 212 g/mol. The minimum Gasteiger partial charge on any atom is -0.423 e. The van der Waals surface area contributed by atoms with E-state index in [1.165, 1.54) is 5.56 Å². The smallest absolute Gasteiger partial charge is 0.336 e. The van der Waals surface area contributed by atoms with Crippen LogP contribution < -0.4 is 5.63 Å². The van der Waals surface area contributed by atoms with Gasteiger partial charge in [0.1, 0.15) is 5.58 Å². The monoisotopic (exact) mass is 220 g/mol. The van der Waals surface area contributed by atoms with Crippen LogP contribution in [0.2, 0.25) is 0 Å². The van der Waals surface area contributed by atoms with E-state index in [1.807, 2.05) is 30.3 Å². The average Bonchev–Trinajstić information content (AvgIpc) is 2.67. The summed E-state index contributed by atoms with van der Waals surface area (Å²) in [5.41, 5.74) is 4.81. The Morgan fingerprint density at radius 2 is 1.47 bits per heavy atom. The maximum absolute atomic E-state index is 11.5. The molecule has 0 atom stereocenters. The molecule has 0 bridgehead atoms. The van der Waals surface area contributed by atoms with Crippen molar-refractivity contribution in [3.05, 3.63) is 59.0 Å². The molecule has 0 spiro atoms. The van der Waals surface area contributed by atoms with Gasteiger partial charge in [0.15, 0.2) is 0 Å². The van der Waals surface area contributed by atoms with Gasteiger partial charge in [0, 0.05) is 17.0 Å². The van der Waals surface area contributed by atoms with Crippen LogP contribution in [0.25, 0.3) is 33.2 Å². The standard InChI is InChI=1S/C15H8O2/c16-14-8-12-10-5-2-1-4-9(10)11-6-3-7-13(17-14)15(11)12/h1-8H. The first-order valence-corrected chi connectivity index (χ1v) is 5.51. The lowest BCUT2D eigenvalue weighted by Crippen LogP contribution is -1.96. The van der Waals surface area contributed by atoms with E-state index in [4.69, 9.17) is 4.42 Å². The molecule has 0 fully saturated rings. The molecule has 3 aromatic rings. The predicted octanol–water partition coefficient (Wildman–Crippen LogP) is 3.44. The fourth-order valence-corrected chi connectivity index (χ4v) is 2.61. The summed E-state index contributed by atoms with van der Waals surface area (Å²) in [5.74, 6) is 0. The van der Waals surface area contributed by atoms with Crippen LogP contribution in [0.4, 0.5) is 0 Å². The van der Waals surface area contributed by atoms with E-state index in [0.717, 1.165) is 22.1 Å². The highest BCUT2D eigenvalue weighted by molar-refractivity contribution is 6.13. The van der Waals surface area contributed by atoms with E-state index in [1.54, 1.807) is 6.07 Å². The van der Waals surface area contributed by atoms with Gasteiger partial charge in [0.25, 0.3) is 0 Å². The third kappa shape index (κ3) is 1.02. The molecule has 1 aliphatic carbocycles. The number of fused-ring (bicyclic) bond motifs is 3. The van der Waals surface area contributed by atoms with Crippen molar-refractivity contribution in [1.82, 2.24) is 0 Å². The van der Waals surface area contributed by atoms with Gasteiger partial charge in [-0.3, -0.25) is 0 Å². The van der Waals surface area contributed by atoms with Gasteiger partial charge < -0.3 is 4.42 Å². The third-order valence-electron chi connectivity index (χ3n) is 3.28. The van der Waals surface area contributed by atoms with Crippen LogP contribution in [0.5, 0.6) is 0 Å². The first-order valence-electron chi connectivity index (χ1n) is 5.51. The van der Waals surface area contributed by atoms with Crippen molar-refractivity contribution in [3.63, 3.8) is 0 Å². The van der Waals surface area contributed by atoms with Crippen molar-refractivity contribution >= 4 is 11.0 Å². The summed E-state index contributed by atoms with van der Waals surface area (Å²) in [6.07, 6.45) is 0. The van der Waals surface area contributed by atoms with Crippen molar-refractivity contribution < 1.29 is 4.42 Å². The molecule has 1 aromatic heterocycles. The Morgan fingerprint density at radius 1 is 0.765 bits per heavy atom. The molecule has 0 amide bonds. The number of hydrogen-bond donors (Lipinski definition) is 0. The van der Waals surface area contributed by atoms with Gasteiger partial charge in [0.2, 0.25) is 0 Å². The second-order valence-electron chi connectivity index (χ2n) is 4.20. The van der Waals surface area contributed by atoms with Crippen molar-refractivity contribution in [2.24, 2.45) is 0 Å². The van der Waals surface area contributed by atoms with E-state index in [-0.39, 0.29) is 5.63 Å². The SMILES string of the molecule is O=c1cc2c3c(cccc3o1)-c1ccccc1-2. The highest BCUT2D eigenvalue weighted by atomic mass is 16.4. The quantitative estimate of drug-likeness (QED) is 0.425. The van der Waals surface area contributed by atoms with Crippen LogP contribution in [-0.2, 0) is 0 Å². The van der Waals surface area contributed by atoms with Gasteiger partial charge in [0.05, 0.1) is 0 Å². The zero-order valence-corrected chi connectivity index (χ0v) is 8.94. The third-order valence-corrected chi connectivity index (χ3v) is 3.28. The molecule has 0 saturated carbocycles. The minimum atomic E-state index is -0.290. The largest absolute Gasteiger partial charge is 0.423 e.